The van der Waals surface area contributed by atoms with Crippen molar-refractivity contribution in [2.75, 3.05) is 13.1 Å². The summed E-state index contributed by atoms with van der Waals surface area (Å²) >= 11 is 5.75. The van der Waals surface area contributed by atoms with E-state index in [0.717, 1.165) is 5.57 Å². The van der Waals surface area contributed by atoms with Crippen LogP contribution < -0.4 is 0 Å². The second-order valence-corrected chi connectivity index (χ2v) is 5.44. The van der Waals surface area contributed by atoms with E-state index in [1.807, 2.05) is 20.8 Å². The van der Waals surface area contributed by atoms with Gasteiger partial charge in [0.15, 0.2) is 6.29 Å². The Balaban J connectivity index is 2.53. The van der Waals surface area contributed by atoms with Crippen molar-refractivity contribution in [3.05, 3.63) is 10.6 Å². The fourth-order valence-corrected chi connectivity index (χ4v) is 1.80. The normalized spacial score (nSPS) is 16.7. The first-order valence-electron chi connectivity index (χ1n) is 5.64. The summed E-state index contributed by atoms with van der Waals surface area (Å²) in [6.45, 7) is 6.61. The van der Waals surface area contributed by atoms with E-state index in [2.05, 4.69) is 0 Å². The van der Waals surface area contributed by atoms with E-state index in [0.29, 0.717) is 32.2 Å². The minimum atomic E-state index is -0.479. The molecule has 17 heavy (non-hydrogen) atoms. The van der Waals surface area contributed by atoms with Crippen LogP contribution >= 0.6 is 11.6 Å². The predicted molar refractivity (Wildman–Crippen MR) is 66.0 cm³/mol. The van der Waals surface area contributed by atoms with Crippen molar-refractivity contribution in [2.24, 2.45) is 0 Å². The van der Waals surface area contributed by atoms with Crippen molar-refractivity contribution in [1.29, 1.82) is 0 Å². The lowest BCUT2D eigenvalue weighted by molar-refractivity contribution is -0.104. The lowest BCUT2D eigenvalue weighted by atomic mass is 10.0. The van der Waals surface area contributed by atoms with Crippen LogP contribution in [-0.4, -0.2) is 36.0 Å². The quantitative estimate of drug-likeness (QED) is 0.537. The molecule has 0 aromatic rings. The van der Waals surface area contributed by atoms with Gasteiger partial charge in [-0.25, -0.2) is 4.79 Å². The summed E-state index contributed by atoms with van der Waals surface area (Å²) in [7, 11) is 0. The SMILES string of the molecule is CC(C)(C)OC(=O)N1CCC(=C(Cl)C=O)CC1. The van der Waals surface area contributed by atoms with E-state index in [1.165, 1.54) is 0 Å². The maximum atomic E-state index is 11.7. The number of amides is 1. The molecule has 0 bridgehead atoms. The van der Waals surface area contributed by atoms with Crippen LogP contribution in [0.25, 0.3) is 0 Å². The molecule has 0 spiro atoms. The first-order chi connectivity index (χ1) is 7.83. The van der Waals surface area contributed by atoms with Crippen molar-refractivity contribution in [1.82, 2.24) is 4.90 Å². The van der Waals surface area contributed by atoms with Gasteiger partial charge in [-0.05, 0) is 39.2 Å². The van der Waals surface area contributed by atoms with Gasteiger partial charge >= 0.3 is 6.09 Å². The van der Waals surface area contributed by atoms with Crippen LogP contribution in [-0.2, 0) is 9.53 Å². The van der Waals surface area contributed by atoms with Crippen LogP contribution in [0.4, 0.5) is 4.79 Å². The highest BCUT2D eigenvalue weighted by Crippen LogP contribution is 2.22. The number of likely N-dealkylation sites (tertiary alicyclic amines) is 1. The first-order valence-corrected chi connectivity index (χ1v) is 6.02. The molecule has 0 aromatic carbocycles. The molecular weight excluding hydrogens is 242 g/mol. The average molecular weight is 260 g/mol. The average Bonchev–Trinajstić information content (AvgIpc) is 2.26. The van der Waals surface area contributed by atoms with Gasteiger partial charge in [0.2, 0.25) is 0 Å². The summed E-state index contributed by atoms with van der Waals surface area (Å²) in [5, 5.41) is 0.272. The third-order valence-corrected chi connectivity index (χ3v) is 2.82. The van der Waals surface area contributed by atoms with E-state index in [9.17, 15) is 9.59 Å². The van der Waals surface area contributed by atoms with Gasteiger partial charge < -0.3 is 9.64 Å². The number of carbonyl (C=O) groups excluding carboxylic acids is 2. The van der Waals surface area contributed by atoms with Crippen molar-refractivity contribution in [3.63, 3.8) is 0 Å². The molecule has 0 aliphatic carbocycles. The van der Waals surface area contributed by atoms with Gasteiger partial charge in [0.25, 0.3) is 0 Å². The third kappa shape index (κ3) is 4.38. The zero-order valence-electron chi connectivity index (χ0n) is 10.5. The molecule has 1 aliphatic heterocycles. The van der Waals surface area contributed by atoms with Crippen molar-refractivity contribution in [2.45, 2.75) is 39.2 Å². The standard InChI is InChI=1S/C12H18ClNO3/c1-12(2,3)17-11(16)14-6-4-9(5-7-14)10(13)8-15/h8H,4-7H2,1-3H3. The van der Waals surface area contributed by atoms with Crippen LogP contribution in [0.2, 0.25) is 0 Å². The Hall–Kier alpha value is -1.03. The van der Waals surface area contributed by atoms with Crippen LogP contribution in [0.15, 0.2) is 10.6 Å². The number of ether oxygens (including phenoxy) is 1. The van der Waals surface area contributed by atoms with Crippen LogP contribution in [0.3, 0.4) is 0 Å². The molecule has 5 heteroatoms. The van der Waals surface area contributed by atoms with E-state index >= 15 is 0 Å². The largest absolute Gasteiger partial charge is 0.444 e. The molecule has 0 N–H and O–H groups in total. The molecule has 0 aromatic heterocycles. The fourth-order valence-electron chi connectivity index (χ4n) is 1.61. The second-order valence-electron chi connectivity index (χ2n) is 5.04. The summed E-state index contributed by atoms with van der Waals surface area (Å²) < 4.78 is 5.27. The summed E-state index contributed by atoms with van der Waals surface area (Å²) in [4.78, 5) is 23.9. The molecule has 1 saturated heterocycles. The summed E-state index contributed by atoms with van der Waals surface area (Å²) in [6.07, 6.45) is 1.62. The number of nitrogens with zero attached hydrogens (tertiary/aromatic N) is 1. The van der Waals surface area contributed by atoms with Crippen molar-refractivity contribution < 1.29 is 14.3 Å². The van der Waals surface area contributed by atoms with E-state index in [1.54, 1.807) is 4.90 Å². The topological polar surface area (TPSA) is 46.6 Å². The smallest absolute Gasteiger partial charge is 0.410 e. The first kappa shape index (κ1) is 14.0. The lowest BCUT2D eigenvalue weighted by Gasteiger charge is -2.31. The minimum Gasteiger partial charge on any atom is -0.444 e. The maximum absolute atomic E-state index is 11.7. The number of allylic oxidation sites excluding steroid dienone is 1. The second kappa shape index (κ2) is 5.54. The Morgan fingerprint density at radius 1 is 1.35 bits per heavy atom. The number of hydrogen-bond donors (Lipinski definition) is 0. The molecule has 1 rings (SSSR count). The van der Waals surface area contributed by atoms with Gasteiger partial charge in [-0.3, -0.25) is 4.79 Å². The molecule has 96 valence electrons. The monoisotopic (exact) mass is 259 g/mol. The molecule has 1 aliphatic rings. The minimum absolute atomic E-state index is 0.272. The molecule has 0 saturated carbocycles. The Bertz CT molecular complexity index is 334. The Labute approximate surface area is 107 Å². The molecule has 1 fully saturated rings. The molecular formula is C12H18ClNO3. The van der Waals surface area contributed by atoms with Gasteiger partial charge in [0.1, 0.15) is 5.60 Å². The summed E-state index contributed by atoms with van der Waals surface area (Å²) in [6, 6.07) is 0. The number of rotatable bonds is 1. The number of piperidine rings is 1. The number of hydrogen-bond acceptors (Lipinski definition) is 3. The third-order valence-electron chi connectivity index (χ3n) is 2.46. The molecule has 0 radical (unpaired) electrons. The molecule has 1 amide bonds. The summed E-state index contributed by atoms with van der Waals surface area (Å²) in [5.74, 6) is 0. The molecule has 4 nitrogen and oxygen atoms in total. The number of carbonyl (C=O) groups is 2. The van der Waals surface area contributed by atoms with Gasteiger partial charge in [-0.1, -0.05) is 11.6 Å². The Morgan fingerprint density at radius 2 is 1.88 bits per heavy atom. The van der Waals surface area contributed by atoms with Gasteiger partial charge in [-0.2, -0.15) is 0 Å². The maximum Gasteiger partial charge on any atom is 0.410 e. The van der Waals surface area contributed by atoms with Gasteiger partial charge in [0.05, 0.1) is 5.03 Å². The van der Waals surface area contributed by atoms with Crippen LogP contribution in [0, 0.1) is 0 Å². The van der Waals surface area contributed by atoms with E-state index in [4.69, 9.17) is 16.3 Å². The molecule has 0 atom stereocenters. The Kier molecular flexibility index (Phi) is 4.57. The van der Waals surface area contributed by atoms with E-state index in [-0.39, 0.29) is 11.1 Å². The number of aldehydes is 1. The summed E-state index contributed by atoms with van der Waals surface area (Å²) in [5.41, 5.74) is 0.440. The lowest BCUT2D eigenvalue weighted by Crippen LogP contribution is -2.40. The highest BCUT2D eigenvalue weighted by molar-refractivity contribution is 6.39. The van der Waals surface area contributed by atoms with Crippen LogP contribution in [0.5, 0.6) is 0 Å². The molecule has 1 heterocycles. The van der Waals surface area contributed by atoms with Crippen LogP contribution in [0.1, 0.15) is 33.6 Å². The molecule has 0 unspecified atom stereocenters. The van der Waals surface area contributed by atoms with Gasteiger partial charge in [0, 0.05) is 13.1 Å². The van der Waals surface area contributed by atoms with Gasteiger partial charge in [-0.15, -0.1) is 0 Å². The fraction of sp³-hybridized carbons (Fsp3) is 0.667. The van der Waals surface area contributed by atoms with Crippen molar-refractivity contribution in [3.8, 4) is 0 Å². The highest BCUT2D eigenvalue weighted by Gasteiger charge is 2.25. The predicted octanol–water partition coefficient (Wildman–Crippen LogP) is 2.71. The highest BCUT2D eigenvalue weighted by atomic mass is 35.5. The van der Waals surface area contributed by atoms with Crippen molar-refractivity contribution >= 4 is 24.0 Å². The Morgan fingerprint density at radius 3 is 2.29 bits per heavy atom. The number of halogens is 1. The zero-order valence-corrected chi connectivity index (χ0v) is 11.2. The zero-order chi connectivity index (χ0) is 13.1. The van der Waals surface area contributed by atoms with E-state index < -0.39 is 5.60 Å².